The molecule has 2 saturated carbocycles. The van der Waals surface area contributed by atoms with Crippen molar-refractivity contribution in [2.75, 3.05) is 76.2 Å². The molecule has 2 bridgehead atoms. The molecule has 125 heavy (non-hydrogen) atoms. The number of esters is 5. The monoisotopic (exact) mass is 1730 g/mol. The number of hydrogen-bond acceptors (Lipinski definition) is 24. The van der Waals surface area contributed by atoms with Gasteiger partial charge in [-0.1, -0.05) is 98.8 Å². The lowest BCUT2D eigenvalue weighted by Gasteiger charge is -2.67. The minimum atomic E-state index is -2.61. The third-order valence-corrected chi connectivity index (χ3v) is 27.3. The van der Waals surface area contributed by atoms with Gasteiger partial charge in [-0.25, -0.2) is 14.2 Å². The minimum absolute atomic E-state index is 0.0133. The first-order valence-electron chi connectivity index (χ1n) is 42.2. The van der Waals surface area contributed by atoms with Crippen LogP contribution in [-0.2, 0) is 71.6 Å². The Morgan fingerprint density at radius 3 is 2.03 bits per heavy atom. The molecule has 30 heteroatoms. The summed E-state index contributed by atoms with van der Waals surface area (Å²) in [4.78, 5) is 180. The molecule has 0 radical (unpaired) electrons. The zero-order chi connectivity index (χ0) is 89.9. The van der Waals surface area contributed by atoms with Crippen molar-refractivity contribution >= 4 is 99.5 Å². The maximum atomic E-state index is 16.1. The summed E-state index contributed by atoms with van der Waals surface area (Å²) in [7, 11) is 0. The van der Waals surface area contributed by atoms with Crippen molar-refractivity contribution in [1.29, 1.82) is 5.26 Å². The first-order chi connectivity index (χ1) is 59.6. The highest BCUT2D eigenvalue weighted by Crippen LogP contribution is 2.65. The van der Waals surface area contributed by atoms with Gasteiger partial charge < -0.3 is 68.8 Å². The average Bonchev–Trinajstić information content (AvgIpc) is 1.05. The Morgan fingerprint density at radius 1 is 0.776 bits per heavy atom. The Morgan fingerprint density at radius 2 is 1.42 bits per heavy atom. The van der Waals surface area contributed by atoms with Crippen LogP contribution in [0.5, 0.6) is 0 Å². The second-order valence-corrected chi connectivity index (χ2v) is 34.6. The van der Waals surface area contributed by atoms with E-state index in [1.807, 2.05) is 48.5 Å². The topological polar surface area (TPSA) is 392 Å². The van der Waals surface area contributed by atoms with Gasteiger partial charge in [0.1, 0.15) is 54.4 Å². The lowest BCUT2D eigenvalue weighted by molar-refractivity contribution is -0.346. The number of fused-ring (bicyclic) bond motifs is 7. The van der Waals surface area contributed by atoms with E-state index in [4.69, 9.17) is 38.6 Å². The number of carbonyl (C=O) groups is 12. The Kier molecular flexibility index (Phi) is 26.8. The van der Waals surface area contributed by atoms with E-state index in [-0.39, 0.29) is 95.9 Å². The van der Waals surface area contributed by atoms with Gasteiger partial charge in [-0.05, 0) is 126 Å². The van der Waals surface area contributed by atoms with E-state index in [1.165, 1.54) is 71.0 Å². The predicted octanol–water partition coefficient (Wildman–Crippen LogP) is 9.23. The Hall–Kier alpha value is -12.2. The molecule has 5 N–H and O–H groups in total. The molecule has 656 valence electrons. The van der Waals surface area contributed by atoms with Crippen LogP contribution in [0, 0.1) is 39.4 Å². The maximum absolute atomic E-state index is 16.1. The SMILES string of the molecule is CCN(CC)c1ccc2c(-c3ccccc3C(=O)N3CCN(C(=O)CCN4C(=O)C=C(SCC(C(N)=O)C(C)(C#N)CCC(=O)O[C@@H](C(=O)O[C@H]5C[C@@]6(O)[C@@H](OC(=O)c7ccccc7)[C@@H]7[C@]8(OC(C)=O)CO[C@@H]8C[C@H](O)[C@@]7(C)C(=O)[C@H](OC(C)=O)C(=C5C)C6(C)C)[C@@H](NC(=O)c5ccccc5)c5ccccc5)C4=O)CC3)c3ccc(=[N+](CC)CC)cc-3oc2c1. The lowest BCUT2D eigenvalue weighted by Crippen LogP contribution is -2.82. The molecule has 13 atom stereocenters. The molecule has 2 unspecified atom stereocenters. The van der Waals surface area contributed by atoms with Crippen LogP contribution in [0.3, 0.4) is 0 Å². The number of piperazine rings is 1. The number of aliphatic hydroxyl groups excluding tert-OH is 1. The van der Waals surface area contributed by atoms with Crippen LogP contribution in [0.2, 0.25) is 0 Å². The molecule has 8 aliphatic rings. The molecule has 29 nitrogen and oxygen atoms in total. The molecule has 13 rings (SSSR count). The van der Waals surface area contributed by atoms with Gasteiger partial charge in [-0.15, -0.1) is 11.8 Å². The number of Topliss-reactive ketones (excluding diaryl/α,β-unsaturated/α-hetero) is 1. The predicted molar refractivity (Wildman–Crippen MR) is 460 cm³/mol. The van der Waals surface area contributed by atoms with Crippen LogP contribution in [0.15, 0.2) is 178 Å². The number of nitrogens with zero attached hydrogens (tertiary/aromatic N) is 6. The van der Waals surface area contributed by atoms with Crippen LogP contribution in [0.1, 0.15) is 151 Å². The summed E-state index contributed by atoms with van der Waals surface area (Å²) in [6.45, 7) is 20.8. The third kappa shape index (κ3) is 17.4. The van der Waals surface area contributed by atoms with E-state index in [9.17, 15) is 63.4 Å². The van der Waals surface area contributed by atoms with Crippen molar-refractivity contribution < 1.29 is 101 Å². The van der Waals surface area contributed by atoms with Crippen LogP contribution in [0.25, 0.3) is 33.4 Å². The largest absolute Gasteiger partial charge is 0.456 e. The second kappa shape index (κ2) is 36.9. The van der Waals surface area contributed by atoms with Crippen molar-refractivity contribution in [3.63, 3.8) is 0 Å². The summed E-state index contributed by atoms with van der Waals surface area (Å²) in [5.41, 5.74) is 0.265. The quantitative estimate of drug-likeness (QED) is 0.00847. The number of carbonyl (C=O) groups excluding carboxylic acids is 12. The lowest BCUT2D eigenvalue weighted by atomic mass is 9.44. The second-order valence-electron chi connectivity index (χ2n) is 33.6. The highest BCUT2D eigenvalue weighted by Gasteiger charge is 2.78. The molecule has 5 aromatic carbocycles. The number of thioether (sulfide) groups is 1. The normalized spacial score (nSPS) is 23.8. The van der Waals surface area contributed by atoms with Gasteiger partial charge in [0.2, 0.25) is 23.3 Å². The van der Waals surface area contributed by atoms with Crippen LogP contribution < -0.4 is 25.9 Å². The molecule has 0 aromatic heterocycles. The number of ketones is 1. The van der Waals surface area contributed by atoms with Crippen LogP contribution >= 0.6 is 11.8 Å². The fraction of sp³-hybridized carbons (Fsp3) is 0.432. The number of rotatable bonds is 29. The fourth-order valence-electron chi connectivity index (χ4n) is 19.0. The number of benzene rings is 6. The molecular weight excluding hydrogens is 1620 g/mol. The van der Waals surface area contributed by atoms with Crippen molar-refractivity contribution in [2.24, 2.45) is 33.8 Å². The number of amides is 6. The van der Waals surface area contributed by atoms with E-state index in [1.54, 1.807) is 64.4 Å². The number of anilines is 1. The Balaban J connectivity index is 0.713. The highest BCUT2D eigenvalue weighted by atomic mass is 32.2. The average molecular weight is 1730 g/mol. The maximum Gasteiger partial charge on any atom is 0.350 e. The van der Waals surface area contributed by atoms with Crippen molar-refractivity contribution in [2.45, 2.75) is 162 Å². The molecule has 0 spiro atoms. The van der Waals surface area contributed by atoms with E-state index in [2.05, 4.69) is 60.7 Å². The fourth-order valence-corrected chi connectivity index (χ4v) is 20.3. The van der Waals surface area contributed by atoms with Crippen molar-refractivity contribution in [3.05, 3.63) is 201 Å². The van der Waals surface area contributed by atoms with Crippen LogP contribution in [0.4, 0.5) is 5.69 Å². The first kappa shape index (κ1) is 90.6. The first-order valence-corrected chi connectivity index (χ1v) is 43.2. The zero-order valence-electron chi connectivity index (χ0n) is 71.8. The van der Waals surface area contributed by atoms with Gasteiger partial charge in [-0.3, -0.25) is 52.8 Å². The number of ether oxygens (including phenoxy) is 6. The number of aliphatic hydroxyl groups is 2. The summed E-state index contributed by atoms with van der Waals surface area (Å²) < 4.78 is 46.5. The van der Waals surface area contributed by atoms with Gasteiger partial charge >= 0.3 is 29.8 Å². The van der Waals surface area contributed by atoms with Gasteiger partial charge in [-0.2, -0.15) is 5.26 Å². The van der Waals surface area contributed by atoms with E-state index in [0.717, 1.165) is 90.3 Å². The molecule has 2 saturated heterocycles. The van der Waals surface area contributed by atoms with Crippen LogP contribution in [-0.4, -0.2) is 215 Å². The summed E-state index contributed by atoms with van der Waals surface area (Å²) >= 11 is 0.755. The number of nitrogens with two attached hydrogens (primary N) is 1. The summed E-state index contributed by atoms with van der Waals surface area (Å²) in [5, 5.41) is 42.4. The van der Waals surface area contributed by atoms with Crippen molar-refractivity contribution in [3.8, 4) is 28.5 Å². The number of nitrogens with one attached hydrogen (secondary N) is 1. The molecular formula is C95H105N8O21S+. The smallest absolute Gasteiger partial charge is 0.350 e. The Labute approximate surface area is 728 Å². The molecule has 4 heterocycles. The van der Waals surface area contributed by atoms with Crippen molar-refractivity contribution in [1.82, 2.24) is 24.6 Å². The molecule has 4 aliphatic heterocycles. The number of nitriles is 1. The third-order valence-electron chi connectivity index (χ3n) is 26.2. The molecule has 4 aliphatic carbocycles. The number of primary amides is 1. The number of hydrogen-bond donors (Lipinski definition) is 4. The zero-order valence-corrected chi connectivity index (χ0v) is 72.7. The molecule has 5 aromatic rings. The Bertz CT molecular complexity index is 5560. The minimum Gasteiger partial charge on any atom is -0.456 e. The standard InChI is InChI=1S/C95H104N8O21S/c1-12-99(13-2)61-35-37-65-68(47-61)120-69-48-62(100(14-3)15-4)36-38-66(69)77(65)63-33-25-26-34-64(63)87(113)102-45-43-101(44-46-102)74(107)40-42-103-75(108)49-71(88(103)114)125-52-67(85(97)111)92(10,53-96)41-39-76(109)122-81(79(58-27-19-16-20-28-58)98-86(112)59-29-21-17-22-30-59)90(116)121-70-51-95(117)84(123-89(115)60-31-23-18-24-32-60)82-93(11,72(106)50-73-94(82,54-118-73)124-57(7)105)83(110)80(119-56(6)104)78(55(70)5)91(95,8)9/h16-38,47-49,67,70,72-73,79-82,84,106,117H,12-15,39-46,50-52,54H2,1-11H3,(H2-,97,98,111,112)/p+1/t67?,70-,72-,73+,79-,80+,81+,82-,84-,92?,93+,94-,95+/m0/s1. The highest BCUT2D eigenvalue weighted by molar-refractivity contribution is 8.04. The van der Waals surface area contributed by atoms with E-state index >= 15 is 9.59 Å². The summed E-state index contributed by atoms with van der Waals surface area (Å²) in [6, 6.07) is 43.6. The van der Waals surface area contributed by atoms with Gasteiger partial charge in [0.05, 0.1) is 58.0 Å². The van der Waals surface area contributed by atoms with E-state index < -0.39 is 167 Å². The number of imide groups is 1. The van der Waals surface area contributed by atoms with Gasteiger partial charge in [0.15, 0.2) is 17.5 Å². The molecule has 6 amide bonds. The van der Waals surface area contributed by atoms with E-state index in [0.29, 0.717) is 22.5 Å². The molecule has 4 fully saturated rings. The summed E-state index contributed by atoms with van der Waals surface area (Å²) in [5.74, 6) is -13.3. The van der Waals surface area contributed by atoms with Gasteiger partial charge in [0.25, 0.3) is 23.6 Å². The van der Waals surface area contributed by atoms with Gasteiger partial charge in [0, 0.05) is 148 Å². The summed E-state index contributed by atoms with van der Waals surface area (Å²) in [6.07, 6.45) is -12.3.